The minimum absolute atomic E-state index is 0.0471. The highest BCUT2D eigenvalue weighted by Crippen LogP contribution is 2.26. The Kier molecular flexibility index (Phi) is 6.09. The van der Waals surface area contributed by atoms with Gasteiger partial charge in [0, 0.05) is 30.5 Å². The van der Waals surface area contributed by atoms with Crippen LogP contribution in [-0.2, 0) is 4.79 Å². The molecule has 0 unspecified atom stereocenters. The molecule has 3 amide bonds. The maximum Gasteiger partial charge on any atom is 0.261 e. The summed E-state index contributed by atoms with van der Waals surface area (Å²) in [7, 11) is 0. The van der Waals surface area contributed by atoms with Gasteiger partial charge in [0.05, 0.1) is 11.1 Å². The smallest absolute Gasteiger partial charge is 0.261 e. The highest BCUT2D eigenvalue weighted by atomic mass is 79.9. The number of benzene rings is 1. The Bertz CT molecular complexity index is 690. The lowest BCUT2D eigenvalue weighted by Crippen LogP contribution is -2.34. The van der Waals surface area contributed by atoms with Crippen LogP contribution in [0.2, 0.25) is 0 Å². The van der Waals surface area contributed by atoms with Gasteiger partial charge in [-0.05, 0) is 24.6 Å². The molecule has 2 rings (SSSR count). The number of imide groups is 1. The zero-order chi connectivity index (χ0) is 17.7. The van der Waals surface area contributed by atoms with Crippen molar-refractivity contribution in [3.63, 3.8) is 0 Å². The number of hydrogen-bond acceptors (Lipinski definition) is 3. The van der Waals surface area contributed by atoms with Gasteiger partial charge in [-0.2, -0.15) is 0 Å². The molecule has 0 saturated heterocycles. The first-order valence-electron chi connectivity index (χ1n) is 7.65. The molecule has 0 fully saturated rings. The van der Waals surface area contributed by atoms with Crippen LogP contribution >= 0.6 is 15.9 Å². The van der Waals surface area contributed by atoms with Crippen molar-refractivity contribution in [1.29, 1.82) is 0 Å². The van der Waals surface area contributed by atoms with E-state index in [2.05, 4.69) is 29.1 Å². The van der Waals surface area contributed by atoms with Crippen LogP contribution in [0.3, 0.4) is 0 Å². The zero-order valence-electron chi connectivity index (χ0n) is 13.3. The van der Waals surface area contributed by atoms with Gasteiger partial charge in [-0.3, -0.25) is 19.3 Å². The van der Waals surface area contributed by atoms with Gasteiger partial charge in [-0.1, -0.05) is 28.1 Å². The Hall–Kier alpha value is -2.21. The predicted octanol–water partition coefficient (Wildman–Crippen LogP) is 3.03. The van der Waals surface area contributed by atoms with Crippen LogP contribution in [0.4, 0.5) is 0 Å². The SMILES string of the molecule is C=CCN(CC=C)C(=O)CCCN1C(=O)c2ccc(Br)cc2C1=O. The molecule has 1 aliphatic rings. The Morgan fingerprint density at radius 1 is 1.12 bits per heavy atom. The highest BCUT2D eigenvalue weighted by Gasteiger charge is 2.35. The van der Waals surface area contributed by atoms with Gasteiger partial charge < -0.3 is 4.90 Å². The number of nitrogens with zero attached hydrogens (tertiary/aromatic N) is 2. The summed E-state index contributed by atoms with van der Waals surface area (Å²) >= 11 is 3.30. The molecular weight excluding hydrogens is 372 g/mol. The molecule has 0 radical (unpaired) electrons. The third-order valence-corrected chi connectivity index (χ3v) is 4.25. The zero-order valence-corrected chi connectivity index (χ0v) is 14.9. The molecule has 6 heteroatoms. The van der Waals surface area contributed by atoms with E-state index in [1.807, 2.05) is 0 Å². The third-order valence-electron chi connectivity index (χ3n) is 3.76. The van der Waals surface area contributed by atoms with Gasteiger partial charge in [0.1, 0.15) is 0 Å². The van der Waals surface area contributed by atoms with Gasteiger partial charge in [0.25, 0.3) is 11.8 Å². The maximum atomic E-state index is 12.3. The first-order valence-corrected chi connectivity index (χ1v) is 8.44. The van der Waals surface area contributed by atoms with Crippen LogP contribution in [0, 0.1) is 0 Å². The van der Waals surface area contributed by atoms with E-state index in [4.69, 9.17) is 0 Å². The summed E-state index contributed by atoms with van der Waals surface area (Å²) in [5.41, 5.74) is 0.815. The van der Waals surface area contributed by atoms with Crippen molar-refractivity contribution >= 4 is 33.7 Å². The lowest BCUT2D eigenvalue weighted by atomic mass is 10.1. The number of fused-ring (bicyclic) bond motifs is 1. The lowest BCUT2D eigenvalue weighted by Gasteiger charge is -2.20. The average Bonchev–Trinajstić information content (AvgIpc) is 2.79. The van der Waals surface area contributed by atoms with E-state index >= 15 is 0 Å². The van der Waals surface area contributed by atoms with Gasteiger partial charge in [0.15, 0.2) is 0 Å². The average molecular weight is 391 g/mol. The first-order chi connectivity index (χ1) is 11.5. The summed E-state index contributed by atoms with van der Waals surface area (Å²) in [6, 6.07) is 5.02. The number of amides is 3. The molecule has 0 bridgehead atoms. The summed E-state index contributed by atoms with van der Waals surface area (Å²) in [6.07, 6.45) is 4.00. The largest absolute Gasteiger partial charge is 0.335 e. The fourth-order valence-electron chi connectivity index (χ4n) is 2.60. The fourth-order valence-corrected chi connectivity index (χ4v) is 2.96. The lowest BCUT2D eigenvalue weighted by molar-refractivity contribution is -0.130. The minimum Gasteiger partial charge on any atom is -0.335 e. The van der Waals surface area contributed by atoms with Crippen LogP contribution in [-0.4, -0.2) is 47.2 Å². The highest BCUT2D eigenvalue weighted by molar-refractivity contribution is 9.10. The third kappa shape index (κ3) is 3.82. The molecule has 1 aliphatic heterocycles. The number of carbonyl (C=O) groups excluding carboxylic acids is 3. The molecule has 5 nitrogen and oxygen atoms in total. The number of hydrogen-bond donors (Lipinski definition) is 0. The molecule has 0 saturated carbocycles. The Morgan fingerprint density at radius 3 is 2.38 bits per heavy atom. The quantitative estimate of drug-likeness (QED) is 0.506. The van der Waals surface area contributed by atoms with Crippen molar-refractivity contribution in [2.75, 3.05) is 19.6 Å². The molecular formula is C18H19BrN2O3. The van der Waals surface area contributed by atoms with E-state index in [1.165, 1.54) is 4.90 Å². The topological polar surface area (TPSA) is 57.7 Å². The van der Waals surface area contributed by atoms with Crippen LogP contribution in [0.25, 0.3) is 0 Å². The number of rotatable bonds is 8. The standard InChI is InChI=1S/C18H19BrN2O3/c1-3-9-20(10-4-2)16(22)6-5-11-21-17(23)14-8-7-13(19)12-15(14)18(21)24/h3-4,7-8,12H,1-2,5-6,9-11H2. The molecule has 0 atom stereocenters. The molecule has 0 N–H and O–H groups in total. The summed E-state index contributed by atoms with van der Waals surface area (Å²) in [5, 5.41) is 0. The monoisotopic (exact) mass is 390 g/mol. The molecule has 0 aromatic heterocycles. The second-order valence-corrected chi connectivity index (χ2v) is 6.35. The fraction of sp³-hybridized carbons (Fsp3) is 0.278. The Morgan fingerprint density at radius 2 is 1.75 bits per heavy atom. The van der Waals surface area contributed by atoms with E-state index in [0.717, 1.165) is 4.47 Å². The summed E-state index contributed by atoms with van der Waals surface area (Å²) in [5.74, 6) is -0.657. The summed E-state index contributed by atoms with van der Waals surface area (Å²) in [4.78, 5) is 39.6. The molecule has 24 heavy (non-hydrogen) atoms. The van der Waals surface area contributed by atoms with Crippen LogP contribution < -0.4 is 0 Å². The maximum absolute atomic E-state index is 12.3. The van der Waals surface area contributed by atoms with Crippen molar-refractivity contribution in [3.05, 3.63) is 59.1 Å². The molecule has 0 aliphatic carbocycles. The van der Waals surface area contributed by atoms with E-state index in [-0.39, 0.29) is 30.7 Å². The second kappa shape index (κ2) is 8.06. The number of halogens is 1. The van der Waals surface area contributed by atoms with Gasteiger partial charge in [-0.25, -0.2) is 0 Å². The van der Waals surface area contributed by atoms with Crippen molar-refractivity contribution in [3.8, 4) is 0 Å². The Labute approximate surface area is 149 Å². The molecule has 1 aromatic carbocycles. The van der Waals surface area contributed by atoms with E-state index in [1.54, 1.807) is 35.3 Å². The summed E-state index contributed by atoms with van der Waals surface area (Å²) in [6.45, 7) is 8.39. The molecule has 1 aromatic rings. The van der Waals surface area contributed by atoms with Gasteiger partial charge in [0.2, 0.25) is 5.91 Å². The van der Waals surface area contributed by atoms with E-state index in [9.17, 15) is 14.4 Å². The van der Waals surface area contributed by atoms with Crippen molar-refractivity contribution in [2.45, 2.75) is 12.8 Å². The van der Waals surface area contributed by atoms with Gasteiger partial charge in [-0.15, -0.1) is 13.2 Å². The Balaban J connectivity index is 1.95. The second-order valence-electron chi connectivity index (χ2n) is 5.43. The van der Waals surface area contributed by atoms with Crippen molar-refractivity contribution < 1.29 is 14.4 Å². The first kappa shape index (κ1) is 18.1. The minimum atomic E-state index is -0.308. The van der Waals surface area contributed by atoms with Crippen LogP contribution in [0.15, 0.2) is 48.0 Å². The van der Waals surface area contributed by atoms with E-state index < -0.39 is 0 Å². The molecule has 126 valence electrons. The number of carbonyl (C=O) groups is 3. The van der Waals surface area contributed by atoms with Crippen LogP contribution in [0.5, 0.6) is 0 Å². The van der Waals surface area contributed by atoms with E-state index in [0.29, 0.717) is 30.6 Å². The van der Waals surface area contributed by atoms with Gasteiger partial charge >= 0.3 is 0 Å². The van der Waals surface area contributed by atoms with Crippen molar-refractivity contribution in [1.82, 2.24) is 9.80 Å². The molecule has 1 heterocycles. The van der Waals surface area contributed by atoms with Crippen LogP contribution in [0.1, 0.15) is 33.6 Å². The predicted molar refractivity (Wildman–Crippen MR) is 95.7 cm³/mol. The normalized spacial score (nSPS) is 13.0. The molecule has 0 spiro atoms. The van der Waals surface area contributed by atoms with Crippen molar-refractivity contribution in [2.24, 2.45) is 0 Å². The summed E-state index contributed by atoms with van der Waals surface area (Å²) < 4.78 is 0.754.